The largest absolute Gasteiger partial charge is 0.387 e. The number of nitrogens with one attached hydrogen (secondary N) is 1. The summed E-state index contributed by atoms with van der Waals surface area (Å²) in [4.78, 5) is 0. The summed E-state index contributed by atoms with van der Waals surface area (Å²) >= 11 is 11.9. The van der Waals surface area contributed by atoms with Crippen molar-refractivity contribution in [2.45, 2.75) is 25.0 Å². The third-order valence-corrected chi connectivity index (χ3v) is 3.34. The van der Waals surface area contributed by atoms with E-state index < -0.39 is 6.10 Å². The standard InChI is InChI=1S/C11H13Cl2NO/c12-7-3-4-9(13)8(6-7)11(15)10-2-1-5-14-10/h3-4,6,10-11,14-15H,1-2,5H2. The van der Waals surface area contributed by atoms with Crippen molar-refractivity contribution in [2.75, 3.05) is 6.54 Å². The summed E-state index contributed by atoms with van der Waals surface area (Å²) in [6.45, 7) is 0.958. The molecule has 2 unspecified atom stereocenters. The smallest absolute Gasteiger partial charge is 0.0957 e. The van der Waals surface area contributed by atoms with Crippen LogP contribution in [0.5, 0.6) is 0 Å². The first kappa shape index (κ1) is 11.2. The third kappa shape index (κ3) is 2.45. The van der Waals surface area contributed by atoms with E-state index in [1.54, 1.807) is 18.2 Å². The van der Waals surface area contributed by atoms with E-state index in [1.165, 1.54) is 0 Å². The van der Waals surface area contributed by atoms with Crippen molar-refractivity contribution in [1.82, 2.24) is 5.32 Å². The van der Waals surface area contributed by atoms with Crippen LogP contribution in [0.1, 0.15) is 24.5 Å². The van der Waals surface area contributed by atoms with Crippen LogP contribution in [0.3, 0.4) is 0 Å². The fourth-order valence-electron chi connectivity index (χ4n) is 1.94. The molecule has 1 aromatic carbocycles. The van der Waals surface area contributed by atoms with Crippen molar-refractivity contribution in [3.63, 3.8) is 0 Å². The molecule has 2 rings (SSSR count). The fraction of sp³-hybridized carbons (Fsp3) is 0.455. The molecule has 1 aromatic rings. The van der Waals surface area contributed by atoms with E-state index >= 15 is 0 Å². The number of hydrogen-bond acceptors (Lipinski definition) is 2. The van der Waals surface area contributed by atoms with Crippen LogP contribution in [0.2, 0.25) is 10.0 Å². The Labute approximate surface area is 99.2 Å². The Balaban J connectivity index is 2.23. The van der Waals surface area contributed by atoms with E-state index in [0.29, 0.717) is 15.6 Å². The predicted octanol–water partition coefficient (Wildman–Crippen LogP) is 2.78. The first-order valence-electron chi connectivity index (χ1n) is 5.05. The second-order valence-corrected chi connectivity index (χ2v) is 4.66. The van der Waals surface area contributed by atoms with Crippen molar-refractivity contribution in [3.8, 4) is 0 Å². The maximum absolute atomic E-state index is 10.1. The van der Waals surface area contributed by atoms with Crippen LogP contribution >= 0.6 is 23.2 Å². The molecule has 0 bridgehead atoms. The lowest BCUT2D eigenvalue weighted by atomic mass is 10.0. The molecular weight excluding hydrogens is 233 g/mol. The number of hydrogen-bond donors (Lipinski definition) is 2. The van der Waals surface area contributed by atoms with Gasteiger partial charge >= 0.3 is 0 Å². The average Bonchev–Trinajstić information content (AvgIpc) is 2.74. The van der Waals surface area contributed by atoms with E-state index in [4.69, 9.17) is 23.2 Å². The number of benzene rings is 1. The molecule has 2 atom stereocenters. The molecule has 2 nitrogen and oxygen atoms in total. The van der Waals surface area contributed by atoms with Gasteiger partial charge in [-0.25, -0.2) is 0 Å². The maximum Gasteiger partial charge on any atom is 0.0957 e. The lowest BCUT2D eigenvalue weighted by molar-refractivity contribution is 0.137. The monoisotopic (exact) mass is 245 g/mol. The fourth-order valence-corrected chi connectivity index (χ4v) is 2.35. The number of halogens is 2. The molecule has 1 saturated heterocycles. The van der Waals surface area contributed by atoms with Gasteiger partial charge in [-0.3, -0.25) is 0 Å². The van der Waals surface area contributed by atoms with Gasteiger partial charge in [0.15, 0.2) is 0 Å². The Morgan fingerprint density at radius 1 is 1.40 bits per heavy atom. The molecular formula is C11H13Cl2NO. The maximum atomic E-state index is 10.1. The summed E-state index contributed by atoms with van der Waals surface area (Å²) in [7, 11) is 0. The Morgan fingerprint density at radius 3 is 2.87 bits per heavy atom. The summed E-state index contributed by atoms with van der Waals surface area (Å²) in [5.41, 5.74) is 0.712. The Hall–Kier alpha value is -0.280. The van der Waals surface area contributed by atoms with Crippen LogP contribution in [0, 0.1) is 0 Å². The zero-order chi connectivity index (χ0) is 10.8. The molecule has 1 aliphatic rings. The van der Waals surface area contributed by atoms with Gasteiger partial charge in [-0.05, 0) is 37.6 Å². The molecule has 2 N–H and O–H groups in total. The molecule has 0 saturated carbocycles. The second-order valence-electron chi connectivity index (χ2n) is 3.81. The van der Waals surface area contributed by atoms with Gasteiger partial charge in [0.2, 0.25) is 0 Å². The Bertz CT molecular complexity index is 350. The Morgan fingerprint density at radius 2 is 2.20 bits per heavy atom. The minimum absolute atomic E-state index is 0.0981. The van der Waals surface area contributed by atoms with Gasteiger partial charge in [-0.15, -0.1) is 0 Å². The topological polar surface area (TPSA) is 32.3 Å². The first-order valence-corrected chi connectivity index (χ1v) is 5.80. The molecule has 4 heteroatoms. The van der Waals surface area contributed by atoms with E-state index in [0.717, 1.165) is 19.4 Å². The summed E-state index contributed by atoms with van der Waals surface area (Å²) < 4.78 is 0. The number of rotatable bonds is 2. The first-order chi connectivity index (χ1) is 7.18. The van der Waals surface area contributed by atoms with Gasteiger partial charge < -0.3 is 10.4 Å². The van der Waals surface area contributed by atoms with Crippen LogP contribution in [0.4, 0.5) is 0 Å². The second kappa shape index (κ2) is 4.71. The highest BCUT2D eigenvalue weighted by Crippen LogP contribution is 2.30. The van der Waals surface area contributed by atoms with Crippen molar-refractivity contribution in [3.05, 3.63) is 33.8 Å². The van der Waals surface area contributed by atoms with Gasteiger partial charge in [-0.2, -0.15) is 0 Å². The van der Waals surface area contributed by atoms with Crippen molar-refractivity contribution in [1.29, 1.82) is 0 Å². The number of aliphatic hydroxyl groups excluding tert-OH is 1. The van der Waals surface area contributed by atoms with E-state index in [1.807, 2.05) is 0 Å². The summed E-state index contributed by atoms with van der Waals surface area (Å²) in [6.07, 6.45) is 1.50. The molecule has 82 valence electrons. The van der Waals surface area contributed by atoms with E-state index in [-0.39, 0.29) is 6.04 Å². The summed E-state index contributed by atoms with van der Waals surface area (Å²) in [5.74, 6) is 0. The molecule has 1 heterocycles. The van der Waals surface area contributed by atoms with Gasteiger partial charge in [0.1, 0.15) is 0 Å². The third-order valence-electron chi connectivity index (χ3n) is 2.76. The highest BCUT2D eigenvalue weighted by atomic mass is 35.5. The van der Waals surface area contributed by atoms with E-state index in [9.17, 15) is 5.11 Å². The molecule has 0 radical (unpaired) electrons. The zero-order valence-electron chi connectivity index (χ0n) is 8.21. The molecule has 0 amide bonds. The quantitative estimate of drug-likeness (QED) is 0.840. The van der Waals surface area contributed by atoms with Gasteiger partial charge in [0.25, 0.3) is 0 Å². The molecule has 0 aliphatic carbocycles. The lowest BCUT2D eigenvalue weighted by Gasteiger charge is -2.19. The molecule has 0 spiro atoms. The minimum Gasteiger partial charge on any atom is -0.387 e. The summed E-state index contributed by atoms with van der Waals surface area (Å²) in [6, 6.07) is 5.27. The average molecular weight is 246 g/mol. The highest BCUT2D eigenvalue weighted by molar-refractivity contribution is 6.33. The Kier molecular flexibility index (Phi) is 3.52. The van der Waals surface area contributed by atoms with Gasteiger partial charge in [0.05, 0.1) is 6.10 Å². The predicted molar refractivity (Wildman–Crippen MR) is 62.4 cm³/mol. The van der Waals surface area contributed by atoms with Crippen LogP contribution in [-0.4, -0.2) is 17.7 Å². The minimum atomic E-state index is -0.571. The van der Waals surface area contributed by atoms with Crippen molar-refractivity contribution >= 4 is 23.2 Å². The van der Waals surface area contributed by atoms with Crippen molar-refractivity contribution < 1.29 is 5.11 Å². The van der Waals surface area contributed by atoms with Gasteiger partial charge in [0, 0.05) is 21.7 Å². The highest BCUT2D eigenvalue weighted by Gasteiger charge is 2.25. The normalized spacial score (nSPS) is 23.0. The summed E-state index contributed by atoms with van der Waals surface area (Å²) in [5, 5.41) is 14.5. The zero-order valence-corrected chi connectivity index (χ0v) is 9.72. The van der Waals surface area contributed by atoms with E-state index in [2.05, 4.69) is 5.32 Å². The van der Waals surface area contributed by atoms with Crippen LogP contribution in [0.25, 0.3) is 0 Å². The molecule has 1 fully saturated rings. The molecule has 0 aromatic heterocycles. The van der Waals surface area contributed by atoms with Gasteiger partial charge in [-0.1, -0.05) is 23.2 Å². The van der Waals surface area contributed by atoms with Crippen LogP contribution in [0.15, 0.2) is 18.2 Å². The van der Waals surface area contributed by atoms with Crippen molar-refractivity contribution in [2.24, 2.45) is 0 Å². The molecule has 1 aliphatic heterocycles. The molecule has 15 heavy (non-hydrogen) atoms. The van der Waals surface area contributed by atoms with Crippen LogP contribution < -0.4 is 5.32 Å². The number of aliphatic hydroxyl groups is 1. The lowest BCUT2D eigenvalue weighted by Crippen LogP contribution is -2.28. The SMILES string of the molecule is OC(c1cc(Cl)ccc1Cl)C1CCCN1. The van der Waals surface area contributed by atoms with Crippen LogP contribution in [-0.2, 0) is 0 Å².